The maximum atomic E-state index is 12.8. The minimum Gasteiger partial charge on any atom is -0.276 e. The van der Waals surface area contributed by atoms with Gasteiger partial charge in [-0.25, -0.2) is 4.98 Å². The first-order chi connectivity index (χ1) is 13.3. The van der Waals surface area contributed by atoms with Gasteiger partial charge in [-0.1, -0.05) is 39.7 Å². The highest BCUT2D eigenvalue weighted by Gasteiger charge is 2.31. The molecule has 0 radical (unpaired) electrons. The first-order valence-electron chi connectivity index (χ1n) is 7.60. The van der Waals surface area contributed by atoms with Crippen LogP contribution in [-0.4, -0.2) is 10.7 Å². The van der Waals surface area contributed by atoms with Crippen LogP contribution in [-0.2, 0) is 6.18 Å². The molecule has 0 aliphatic carbocycles. The second-order valence-electron chi connectivity index (χ2n) is 5.42. The Kier molecular flexibility index (Phi) is 6.03. The van der Waals surface area contributed by atoms with E-state index in [1.807, 2.05) is 30.3 Å². The molecule has 4 nitrogen and oxygen atoms in total. The molecule has 1 N–H and O–H groups in total. The number of benzene rings is 2. The number of alkyl halides is 3. The molecule has 0 bridgehead atoms. The number of rotatable bonds is 4. The standard InChI is InChI=1S/C18H9BrClF3N4S/c19-12-4-1-10(2-5-12)16-9-28-17(25-16)15(8-24)27-26-14-7-11(18(21,22)23)3-6-13(14)20/h1-7,9,26H. The monoisotopic (exact) mass is 484 g/mol. The van der Waals surface area contributed by atoms with Crippen molar-refractivity contribution >= 4 is 50.3 Å². The van der Waals surface area contributed by atoms with Crippen molar-refractivity contribution in [3.8, 4) is 17.3 Å². The van der Waals surface area contributed by atoms with E-state index < -0.39 is 11.7 Å². The summed E-state index contributed by atoms with van der Waals surface area (Å²) < 4.78 is 39.5. The molecule has 0 unspecified atom stereocenters. The molecule has 0 spiro atoms. The van der Waals surface area contributed by atoms with Crippen molar-refractivity contribution in [2.45, 2.75) is 6.18 Å². The molecule has 0 amide bonds. The lowest BCUT2D eigenvalue weighted by atomic mass is 10.2. The molecule has 142 valence electrons. The summed E-state index contributed by atoms with van der Waals surface area (Å²) in [7, 11) is 0. The van der Waals surface area contributed by atoms with E-state index in [-0.39, 0.29) is 16.4 Å². The largest absolute Gasteiger partial charge is 0.416 e. The molecule has 0 aliphatic heterocycles. The Balaban J connectivity index is 1.86. The number of hydrazone groups is 1. The zero-order chi connectivity index (χ0) is 20.3. The lowest BCUT2D eigenvalue weighted by Crippen LogP contribution is -2.06. The molecule has 2 aromatic carbocycles. The Morgan fingerprint density at radius 1 is 1.21 bits per heavy atom. The first-order valence-corrected chi connectivity index (χ1v) is 9.65. The third-order valence-corrected chi connectivity index (χ3v) is 5.24. The van der Waals surface area contributed by atoms with Crippen LogP contribution in [0.2, 0.25) is 5.02 Å². The fourth-order valence-electron chi connectivity index (χ4n) is 2.16. The van der Waals surface area contributed by atoms with Gasteiger partial charge in [-0.3, -0.25) is 5.43 Å². The Bertz CT molecular complexity index is 1070. The van der Waals surface area contributed by atoms with Crippen LogP contribution in [0.4, 0.5) is 18.9 Å². The van der Waals surface area contributed by atoms with E-state index >= 15 is 0 Å². The Labute approximate surface area is 175 Å². The van der Waals surface area contributed by atoms with Crippen molar-refractivity contribution in [3.63, 3.8) is 0 Å². The second kappa shape index (κ2) is 8.31. The number of halogens is 5. The SMILES string of the molecule is N#CC(=NNc1cc(C(F)(F)F)ccc1Cl)c1nc(-c2ccc(Br)cc2)cs1. The number of nitrogens with zero attached hydrogens (tertiary/aromatic N) is 3. The van der Waals surface area contributed by atoms with Crippen molar-refractivity contribution in [1.82, 2.24) is 4.98 Å². The minimum absolute atomic E-state index is 0.0451. The van der Waals surface area contributed by atoms with Crippen LogP contribution in [0.3, 0.4) is 0 Å². The number of aromatic nitrogens is 1. The van der Waals surface area contributed by atoms with Crippen LogP contribution in [0.5, 0.6) is 0 Å². The fraction of sp³-hybridized carbons (Fsp3) is 0.0556. The summed E-state index contributed by atoms with van der Waals surface area (Å²) in [6.07, 6.45) is -4.52. The van der Waals surface area contributed by atoms with Gasteiger partial charge in [-0.05, 0) is 30.3 Å². The van der Waals surface area contributed by atoms with Crippen LogP contribution in [0, 0.1) is 11.3 Å². The average Bonchev–Trinajstić information content (AvgIpc) is 3.13. The summed E-state index contributed by atoms with van der Waals surface area (Å²) in [4.78, 5) is 4.37. The average molecular weight is 486 g/mol. The Morgan fingerprint density at radius 2 is 1.93 bits per heavy atom. The van der Waals surface area contributed by atoms with E-state index in [1.165, 1.54) is 11.3 Å². The van der Waals surface area contributed by atoms with Crippen LogP contribution in [0.1, 0.15) is 10.6 Å². The van der Waals surface area contributed by atoms with Gasteiger partial charge in [-0.2, -0.15) is 23.5 Å². The molecule has 0 saturated carbocycles. The summed E-state index contributed by atoms with van der Waals surface area (Å²) in [5.74, 6) is 0. The molecule has 3 aromatic rings. The van der Waals surface area contributed by atoms with Gasteiger partial charge in [0.25, 0.3) is 0 Å². The number of nitriles is 1. The minimum atomic E-state index is -4.52. The maximum absolute atomic E-state index is 12.8. The molecular weight excluding hydrogens is 477 g/mol. The molecule has 10 heteroatoms. The van der Waals surface area contributed by atoms with Crippen molar-refractivity contribution < 1.29 is 13.2 Å². The molecule has 1 heterocycles. The molecule has 0 fully saturated rings. The zero-order valence-corrected chi connectivity index (χ0v) is 16.9. The first kappa shape index (κ1) is 20.3. The Morgan fingerprint density at radius 3 is 2.57 bits per heavy atom. The van der Waals surface area contributed by atoms with Gasteiger partial charge >= 0.3 is 6.18 Å². The van der Waals surface area contributed by atoms with Crippen LogP contribution >= 0.6 is 38.9 Å². The highest BCUT2D eigenvalue weighted by Crippen LogP contribution is 2.34. The van der Waals surface area contributed by atoms with E-state index in [4.69, 9.17) is 11.6 Å². The fourth-order valence-corrected chi connectivity index (χ4v) is 3.35. The van der Waals surface area contributed by atoms with Crippen molar-refractivity contribution in [3.05, 3.63) is 67.9 Å². The normalized spacial score (nSPS) is 11.9. The lowest BCUT2D eigenvalue weighted by Gasteiger charge is -2.10. The molecule has 1 aromatic heterocycles. The van der Waals surface area contributed by atoms with Gasteiger partial charge < -0.3 is 0 Å². The molecule has 0 aliphatic rings. The summed E-state index contributed by atoms with van der Waals surface area (Å²) in [6.45, 7) is 0. The molecular formula is C18H9BrClF3N4S. The van der Waals surface area contributed by atoms with Gasteiger partial charge in [0.1, 0.15) is 6.07 Å². The predicted molar refractivity (Wildman–Crippen MR) is 107 cm³/mol. The highest BCUT2D eigenvalue weighted by molar-refractivity contribution is 9.10. The van der Waals surface area contributed by atoms with E-state index in [2.05, 4.69) is 31.4 Å². The van der Waals surface area contributed by atoms with Crippen LogP contribution in [0.25, 0.3) is 11.3 Å². The van der Waals surface area contributed by atoms with E-state index in [0.29, 0.717) is 10.7 Å². The number of hydrogen-bond acceptors (Lipinski definition) is 5. The number of thiazole rings is 1. The lowest BCUT2D eigenvalue weighted by molar-refractivity contribution is -0.137. The van der Waals surface area contributed by atoms with Gasteiger partial charge in [0, 0.05) is 15.4 Å². The topological polar surface area (TPSA) is 61.1 Å². The van der Waals surface area contributed by atoms with Gasteiger partial charge in [0.2, 0.25) is 0 Å². The van der Waals surface area contributed by atoms with Gasteiger partial charge in [0.05, 0.1) is 22.0 Å². The molecule has 28 heavy (non-hydrogen) atoms. The van der Waals surface area contributed by atoms with Gasteiger partial charge in [-0.15, -0.1) is 11.3 Å². The van der Waals surface area contributed by atoms with Gasteiger partial charge in [0.15, 0.2) is 10.7 Å². The second-order valence-corrected chi connectivity index (χ2v) is 7.60. The molecule has 0 atom stereocenters. The van der Waals surface area contributed by atoms with Crippen molar-refractivity contribution in [1.29, 1.82) is 5.26 Å². The van der Waals surface area contributed by atoms with E-state index in [0.717, 1.165) is 28.2 Å². The number of hydrogen-bond donors (Lipinski definition) is 1. The molecule has 0 saturated heterocycles. The summed E-state index contributed by atoms with van der Waals surface area (Å²) in [5, 5.41) is 15.4. The summed E-state index contributed by atoms with van der Waals surface area (Å²) in [5.41, 5.74) is 2.94. The van der Waals surface area contributed by atoms with Crippen molar-refractivity contribution in [2.75, 3.05) is 5.43 Å². The van der Waals surface area contributed by atoms with E-state index in [9.17, 15) is 18.4 Å². The maximum Gasteiger partial charge on any atom is 0.416 e. The van der Waals surface area contributed by atoms with Crippen molar-refractivity contribution in [2.24, 2.45) is 5.10 Å². The third kappa shape index (κ3) is 4.70. The Hall–Kier alpha value is -2.41. The highest BCUT2D eigenvalue weighted by atomic mass is 79.9. The zero-order valence-electron chi connectivity index (χ0n) is 13.8. The smallest absolute Gasteiger partial charge is 0.276 e. The summed E-state index contributed by atoms with van der Waals surface area (Å²) >= 11 is 10.5. The van der Waals surface area contributed by atoms with Crippen LogP contribution < -0.4 is 5.43 Å². The van der Waals surface area contributed by atoms with E-state index in [1.54, 1.807) is 5.38 Å². The third-order valence-electron chi connectivity index (χ3n) is 3.53. The van der Waals surface area contributed by atoms with Crippen LogP contribution in [0.15, 0.2) is 57.4 Å². The quantitative estimate of drug-likeness (QED) is 0.335. The molecule has 3 rings (SSSR count). The number of anilines is 1. The number of nitrogens with one attached hydrogen (secondary N) is 1. The summed E-state index contributed by atoms with van der Waals surface area (Å²) in [6, 6.07) is 12.2. The predicted octanol–water partition coefficient (Wildman–Crippen LogP) is 6.58.